The second kappa shape index (κ2) is 8.44. The Kier molecular flexibility index (Phi) is 6.28. The molecule has 0 aliphatic carbocycles. The van der Waals surface area contributed by atoms with Crippen molar-refractivity contribution in [2.45, 2.75) is 39.2 Å². The van der Waals surface area contributed by atoms with Crippen LogP contribution in [0, 0.1) is 10.1 Å². The van der Waals surface area contributed by atoms with Gasteiger partial charge in [-0.05, 0) is 47.7 Å². The summed E-state index contributed by atoms with van der Waals surface area (Å²) in [4.78, 5) is 22.2. The SMILES string of the molecule is CC(Oc1ccc(C(C)(C)C)cc1)C(=O)N/N=C/c1ccc([N+](=O)[O-])cc1. The lowest BCUT2D eigenvalue weighted by Crippen LogP contribution is -2.33. The van der Waals surface area contributed by atoms with Crippen LogP contribution in [-0.2, 0) is 10.2 Å². The highest BCUT2D eigenvalue weighted by molar-refractivity contribution is 5.84. The second-order valence-corrected chi connectivity index (χ2v) is 7.12. The number of amides is 1. The number of rotatable bonds is 6. The van der Waals surface area contributed by atoms with Crippen LogP contribution in [0.25, 0.3) is 0 Å². The Hall–Kier alpha value is -3.22. The maximum atomic E-state index is 12.1. The van der Waals surface area contributed by atoms with E-state index in [1.807, 2.05) is 24.3 Å². The van der Waals surface area contributed by atoms with Gasteiger partial charge in [-0.15, -0.1) is 0 Å². The number of hydrogen-bond acceptors (Lipinski definition) is 5. The fourth-order valence-corrected chi connectivity index (χ4v) is 2.23. The van der Waals surface area contributed by atoms with Gasteiger partial charge >= 0.3 is 0 Å². The summed E-state index contributed by atoms with van der Waals surface area (Å²) in [6, 6.07) is 13.5. The van der Waals surface area contributed by atoms with Crippen LogP contribution in [0.15, 0.2) is 53.6 Å². The molecule has 1 atom stereocenters. The topological polar surface area (TPSA) is 93.8 Å². The molecule has 0 fully saturated rings. The molecule has 27 heavy (non-hydrogen) atoms. The molecule has 0 aromatic heterocycles. The summed E-state index contributed by atoms with van der Waals surface area (Å²) in [5.74, 6) is 0.207. The summed E-state index contributed by atoms with van der Waals surface area (Å²) in [5, 5.41) is 14.5. The highest BCUT2D eigenvalue weighted by Crippen LogP contribution is 2.24. The van der Waals surface area contributed by atoms with Crippen molar-refractivity contribution in [1.29, 1.82) is 0 Å². The first-order valence-corrected chi connectivity index (χ1v) is 8.51. The van der Waals surface area contributed by atoms with Crippen LogP contribution in [0.5, 0.6) is 5.75 Å². The van der Waals surface area contributed by atoms with Crippen LogP contribution in [-0.4, -0.2) is 23.1 Å². The predicted molar refractivity (Wildman–Crippen MR) is 104 cm³/mol. The summed E-state index contributed by atoms with van der Waals surface area (Å²) in [6.07, 6.45) is 0.687. The lowest BCUT2D eigenvalue weighted by Gasteiger charge is -2.19. The fraction of sp³-hybridized carbons (Fsp3) is 0.300. The molecule has 2 aromatic carbocycles. The van der Waals surface area contributed by atoms with Gasteiger partial charge in [0.2, 0.25) is 0 Å². The molecule has 7 nitrogen and oxygen atoms in total. The molecule has 1 amide bonds. The van der Waals surface area contributed by atoms with Crippen molar-refractivity contribution >= 4 is 17.8 Å². The van der Waals surface area contributed by atoms with Crippen LogP contribution in [0.3, 0.4) is 0 Å². The third kappa shape index (κ3) is 5.91. The largest absolute Gasteiger partial charge is 0.481 e. The van der Waals surface area contributed by atoms with Crippen LogP contribution in [0.4, 0.5) is 5.69 Å². The quantitative estimate of drug-likeness (QED) is 0.476. The van der Waals surface area contributed by atoms with E-state index in [1.54, 1.807) is 19.1 Å². The Balaban J connectivity index is 1.88. The van der Waals surface area contributed by atoms with E-state index >= 15 is 0 Å². The molecule has 0 saturated carbocycles. The lowest BCUT2D eigenvalue weighted by molar-refractivity contribution is -0.384. The zero-order valence-corrected chi connectivity index (χ0v) is 15.8. The normalized spacial score (nSPS) is 12.6. The van der Waals surface area contributed by atoms with Gasteiger partial charge in [0, 0.05) is 12.1 Å². The van der Waals surface area contributed by atoms with Gasteiger partial charge in [0.15, 0.2) is 6.10 Å². The number of nitrogens with zero attached hydrogens (tertiary/aromatic N) is 2. The highest BCUT2D eigenvalue weighted by Gasteiger charge is 2.16. The molecule has 0 bridgehead atoms. The predicted octanol–water partition coefficient (Wildman–Crippen LogP) is 3.81. The molecule has 0 aliphatic rings. The third-order valence-electron chi connectivity index (χ3n) is 3.89. The minimum absolute atomic E-state index is 0.00399. The summed E-state index contributed by atoms with van der Waals surface area (Å²) in [6.45, 7) is 8.01. The third-order valence-corrected chi connectivity index (χ3v) is 3.89. The van der Waals surface area contributed by atoms with Crippen molar-refractivity contribution in [3.05, 3.63) is 69.8 Å². The van der Waals surface area contributed by atoms with Crippen molar-refractivity contribution in [3.63, 3.8) is 0 Å². The molecular formula is C20H23N3O4. The number of ether oxygens (including phenoxy) is 1. The smallest absolute Gasteiger partial charge is 0.280 e. The highest BCUT2D eigenvalue weighted by atomic mass is 16.6. The summed E-state index contributed by atoms with van der Waals surface area (Å²) < 4.78 is 5.63. The Morgan fingerprint density at radius 1 is 1.15 bits per heavy atom. The average molecular weight is 369 g/mol. The zero-order valence-electron chi connectivity index (χ0n) is 15.8. The Morgan fingerprint density at radius 2 is 1.74 bits per heavy atom. The first kappa shape index (κ1) is 20.1. The Bertz CT molecular complexity index is 822. The van der Waals surface area contributed by atoms with Crippen molar-refractivity contribution in [2.75, 3.05) is 0 Å². The van der Waals surface area contributed by atoms with Gasteiger partial charge in [0.05, 0.1) is 11.1 Å². The number of non-ortho nitro benzene ring substituents is 1. The van der Waals surface area contributed by atoms with Crippen molar-refractivity contribution in [1.82, 2.24) is 5.43 Å². The molecule has 2 aromatic rings. The van der Waals surface area contributed by atoms with Gasteiger partial charge < -0.3 is 4.74 Å². The molecule has 2 rings (SSSR count). The molecule has 142 valence electrons. The van der Waals surface area contributed by atoms with Crippen molar-refractivity contribution in [3.8, 4) is 5.75 Å². The number of nitrogens with one attached hydrogen (secondary N) is 1. The molecule has 0 spiro atoms. The van der Waals surface area contributed by atoms with Crippen LogP contribution in [0.1, 0.15) is 38.8 Å². The molecule has 7 heteroatoms. The number of benzene rings is 2. The maximum Gasteiger partial charge on any atom is 0.280 e. The van der Waals surface area contributed by atoms with E-state index in [0.717, 1.165) is 0 Å². The average Bonchev–Trinajstić information content (AvgIpc) is 2.61. The number of nitro groups is 1. The fourth-order valence-electron chi connectivity index (χ4n) is 2.23. The van der Waals surface area contributed by atoms with Crippen molar-refractivity contribution in [2.24, 2.45) is 5.10 Å². The van der Waals surface area contributed by atoms with Gasteiger partial charge in [-0.25, -0.2) is 5.43 Å². The minimum Gasteiger partial charge on any atom is -0.481 e. The van der Waals surface area contributed by atoms with Gasteiger partial charge in [0.25, 0.3) is 11.6 Å². The number of hydrazone groups is 1. The van der Waals surface area contributed by atoms with Crippen LogP contribution >= 0.6 is 0 Å². The number of carbonyl (C=O) groups excluding carboxylic acids is 1. The number of carbonyl (C=O) groups is 1. The van der Waals surface area contributed by atoms with Crippen molar-refractivity contribution < 1.29 is 14.5 Å². The van der Waals surface area contributed by atoms with Gasteiger partial charge in [-0.2, -0.15) is 5.10 Å². The van der Waals surface area contributed by atoms with E-state index in [1.165, 1.54) is 23.9 Å². The van der Waals surface area contributed by atoms with Gasteiger partial charge in [-0.1, -0.05) is 32.9 Å². The monoisotopic (exact) mass is 369 g/mol. The molecule has 1 unspecified atom stereocenters. The van der Waals surface area contributed by atoms with E-state index in [4.69, 9.17) is 4.74 Å². The maximum absolute atomic E-state index is 12.1. The van der Waals surface area contributed by atoms with Gasteiger partial charge in [-0.3, -0.25) is 14.9 Å². The molecule has 1 N–H and O–H groups in total. The first-order valence-electron chi connectivity index (χ1n) is 8.51. The molecule has 0 saturated heterocycles. The van der Waals surface area contributed by atoms with E-state index < -0.39 is 16.9 Å². The number of hydrogen-bond donors (Lipinski definition) is 1. The van der Waals surface area contributed by atoms with E-state index in [9.17, 15) is 14.9 Å². The Labute approximate surface area is 158 Å². The van der Waals surface area contributed by atoms with E-state index in [-0.39, 0.29) is 11.1 Å². The standard InChI is InChI=1S/C20H23N3O4/c1-14(27-18-11-7-16(8-12-18)20(2,3)4)19(24)22-21-13-15-5-9-17(10-6-15)23(25)26/h5-14H,1-4H3,(H,22,24)/b21-13+. The molecule has 0 heterocycles. The first-order chi connectivity index (χ1) is 12.7. The van der Waals surface area contributed by atoms with Crippen LogP contribution in [0.2, 0.25) is 0 Å². The lowest BCUT2D eigenvalue weighted by atomic mass is 9.87. The second-order valence-electron chi connectivity index (χ2n) is 7.12. The minimum atomic E-state index is -0.723. The number of nitro benzene ring substituents is 1. The van der Waals surface area contributed by atoms with Gasteiger partial charge in [0.1, 0.15) is 5.75 Å². The van der Waals surface area contributed by atoms with E-state index in [0.29, 0.717) is 11.3 Å². The summed E-state index contributed by atoms with van der Waals surface area (Å²) in [5.41, 5.74) is 4.25. The summed E-state index contributed by atoms with van der Waals surface area (Å²) in [7, 11) is 0. The molecular weight excluding hydrogens is 346 g/mol. The summed E-state index contributed by atoms with van der Waals surface area (Å²) >= 11 is 0. The van der Waals surface area contributed by atoms with Crippen LogP contribution < -0.4 is 10.2 Å². The van der Waals surface area contributed by atoms with E-state index in [2.05, 4.69) is 31.3 Å². The Morgan fingerprint density at radius 3 is 2.26 bits per heavy atom. The molecule has 0 aliphatic heterocycles. The zero-order chi connectivity index (χ0) is 20.0. The molecule has 0 radical (unpaired) electrons.